The van der Waals surface area contributed by atoms with E-state index in [0.29, 0.717) is 24.8 Å². The van der Waals surface area contributed by atoms with Gasteiger partial charge in [-0.2, -0.15) is 0 Å². The molecule has 0 spiro atoms. The first-order valence-corrected chi connectivity index (χ1v) is 9.65. The lowest BCUT2D eigenvalue weighted by Gasteiger charge is -2.49. The van der Waals surface area contributed by atoms with Crippen LogP contribution in [-0.4, -0.2) is 46.7 Å². The predicted molar refractivity (Wildman–Crippen MR) is 103 cm³/mol. The van der Waals surface area contributed by atoms with E-state index in [1.54, 1.807) is 7.05 Å². The van der Waals surface area contributed by atoms with E-state index in [4.69, 9.17) is 0 Å². The van der Waals surface area contributed by atoms with Crippen LogP contribution in [0.5, 0.6) is 0 Å². The Morgan fingerprint density at radius 3 is 2.46 bits per heavy atom. The van der Waals surface area contributed by atoms with Crippen LogP contribution in [0.4, 0.5) is 13.6 Å². The average Bonchev–Trinajstić information content (AvgIpc) is 2.58. The first kappa shape index (κ1) is 22.1. The molecule has 0 aromatic heterocycles. The number of halogens is 2. The van der Waals surface area contributed by atoms with E-state index >= 15 is 0 Å². The number of nitrogens with zero attached hydrogens (tertiary/aromatic N) is 2. The molecule has 156 valence electrons. The minimum Gasteiger partial charge on any atom is -0.465 e. The number of carbonyl (C=O) groups excluding carboxylic acids is 1. The van der Waals surface area contributed by atoms with Crippen molar-refractivity contribution >= 4 is 12.0 Å². The van der Waals surface area contributed by atoms with Gasteiger partial charge in [0, 0.05) is 25.1 Å². The molecule has 1 aromatic carbocycles. The van der Waals surface area contributed by atoms with Crippen molar-refractivity contribution in [2.24, 2.45) is 17.3 Å². The molecule has 1 saturated heterocycles. The molecule has 1 fully saturated rings. The number of benzene rings is 1. The molecule has 1 aliphatic rings. The van der Waals surface area contributed by atoms with Crippen LogP contribution in [0.25, 0.3) is 0 Å². The number of rotatable bonds is 5. The zero-order valence-corrected chi connectivity index (χ0v) is 17.2. The molecule has 2 rings (SSSR count). The van der Waals surface area contributed by atoms with E-state index in [-0.39, 0.29) is 18.4 Å². The van der Waals surface area contributed by atoms with Crippen LogP contribution in [0.15, 0.2) is 18.2 Å². The Morgan fingerprint density at radius 2 is 1.96 bits per heavy atom. The first-order chi connectivity index (χ1) is 13.0. The van der Waals surface area contributed by atoms with Gasteiger partial charge in [-0.15, -0.1) is 0 Å². The lowest BCUT2D eigenvalue weighted by molar-refractivity contribution is -0.154. The van der Waals surface area contributed by atoms with Gasteiger partial charge >= 0.3 is 6.09 Å². The number of hydrogen-bond donors (Lipinski definition) is 1. The Labute approximate surface area is 165 Å². The van der Waals surface area contributed by atoms with Gasteiger partial charge in [-0.3, -0.25) is 9.69 Å². The molecule has 1 heterocycles. The Hall–Kier alpha value is -2.18. The SMILES string of the molecule is CCC(Cc1ccc(F)cc1F)CC1CN(C(=O)O)C(C(C)(C)C)N(C)C1=O. The van der Waals surface area contributed by atoms with Crippen molar-refractivity contribution in [3.05, 3.63) is 35.4 Å². The standard InChI is InChI=1S/C21H30F2N2O3/c1-6-13(9-14-7-8-16(22)11-17(14)23)10-15-12-25(20(27)28)19(21(2,3)4)24(5)18(15)26/h7-8,11,13,15,19H,6,9-10,12H2,1-5H3,(H,27,28). The zero-order valence-electron chi connectivity index (χ0n) is 17.2. The summed E-state index contributed by atoms with van der Waals surface area (Å²) in [6, 6.07) is 3.52. The normalized spacial score (nSPS) is 21.8. The molecule has 1 aromatic rings. The fourth-order valence-corrected chi connectivity index (χ4v) is 4.23. The van der Waals surface area contributed by atoms with Crippen molar-refractivity contribution in [2.45, 2.75) is 53.1 Å². The van der Waals surface area contributed by atoms with Crippen LogP contribution in [0.1, 0.15) is 46.1 Å². The van der Waals surface area contributed by atoms with Crippen molar-refractivity contribution in [3.63, 3.8) is 0 Å². The highest BCUT2D eigenvalue weighted by molar-refractivity contribution is 5.82. The van der Waals surface area contributed by atoms with Crippen molar-refractivity contribution in [3.8, 4) is 0 Å². The predicted octanol–water partition coefficient (Wildman–Crippen LogP) is 4.36. The van der Waals surface area contributed by atoms with Gasteiger partial charge in [0.05, 0.1) is 5.92 Å². The molecule has 3 unspecified atom stereocenters. The maximum atomic E-state index is 14.0. The summed E-state index contributed by atoms with van der Waals surface area (Å²) in [6.07, 6.45) is -0.0476. The number of carboxylic acid groups (broad SMARTS) is 1. The summed E-state index contributed by atoms with van der Waals surface area (Å²) in [6.45, 7) is 7.80. The molecule has 3 atom stereocenters. The minimum absolute atomic E-state index is 0.0101. The van der Waals surface area contributed by atoms with Crippen molar-refractivity contribution < 1.29 is 23.5 Å². The van der Waals surface area contributed by atoms with Crippen LogP contribution < -0.4 is 0 Å². The quantitative estimate of drug-likeness (QED) is 0.804. The topological polar surface area (TPSA) is 60.9 Å². The zero-order chi connectivity index (χ0) is 21.2. The van der Waals surface area contributed by atoms with Crippen LogP contribution in [0, 0.1) is 28.9 Å². The molecular formula is C21H30F2N2O3. The Bertz CT molecular complexity index is 733. The van der Waals surface area contributed by atoms with E-state index in [0.717, 1.165) is 6.07 Å². The van der Waals surface area contributed by atoms with Crippen molar-refractivity contribution in [2.75, 3.05) is 13.6 Å². The summed E-state index contributed by atoms with van der Waals surface area (Å²) in [5.41, 5.74) is -0.0117. The van der Waals surface area contributed by atoms with E-state index in [9.17, 15) is 23.5 Å². The summed E-state index contributed by atoms with van der Waals surface area (Å²) < 4.78 is 27.1. The molecular weight excluding hydrogens is 366 g/mol. The van der Waals surface area contributed by atoms with Gasteiger partial charge in [0.1, 0.15) is 17.8 Å². The van der Waals surface area contributed by atoms with E-state index in [1.165, 1.54) is 21.9 Å². The molecule has 28 heavy (non-hydrogen) atoms. The highest BCUT2D eigenvalue weighted by Gasteiger charge is 2.46. The fraction of sp³-hybridized carbons (Fsp3) is 0.619. The van der Waals surface area contributed by atoms with Gasteiger partial charge in [0.15, 0.2) is 0 Å². The van der Waals surface area contributed by atoms with Gasteiger partial charge in [-0.25, -0.2) is 13.6 Å². The fourth-order valence-electron chi connectivity index (χ4n) is 4.23. The summed E-state index contributed by atoms with van der Waals surface area (Å²) in [5, 5.41) is 9.69. The summed E-state index contributed by atoms with van der Waals surface area (Å²) in [5.74, 6) is -1.79. The monoisotopic (exact) mass is 396 g/mol. The van der Waals surface area contributed by atoms with Gasteiger partial charge < -0.3 is 10.0 Å². The number of hydrogen-bond acceptors (Lipinski definition) is 2. The third-order valence-corrected chi connectivity index (χ3v) is 5.52. The van der Waals surface area contributed by atoms with E-state index in [1.807, 2.05) is 27.7 Å². The molecule has 0 bridgehead atoms. The minimum atomic E-state index is -1.05. The molecule has 0 saturated carbocycles. The molecule has 0 aliphatic carbocycles. The third-order valence-electron chi connectivity index (χ3n) is 5.52. The largest absolute Gasteiger partial charge is 0.465 e. The lowest BCUT2D eigenvalue weighted by atomic mass is 9.82. The second kappa shape index (κ2) is 8.45. The Kier molecular flexibility index (Phi) is 6.67. The Balaban J connectivity index is 2.19. The van der Waals surface area contributed by atoms with Gasteiger partial charge in [0.2, 0.25) is 5.91 Å². The van der Waals surface area contributed by atoms with Gasteiger partial charge in [-0.05, 0) is 30.4 Å². The molecule has 1 N–H and O–H groups in total. The lowest BCUT2D eigenvalue weighted by Crippen LogP contribution is -2.64. The van der Waals surface area contributed by atoms with Crippen molar-refractivity contribution in [1.29, 1.82) is 0 Å². The Morgan fingerprint density at radius 1 is 1.32 bits per heavy atom. The summed E-state index contributed by atoms with van der Waals surface area (Å²) in [4.78, 5) is 27.6. The van der Waals surface area contributed by atoms with Crippen LogP contribution >= 0.6 is 0 Å². The number of amides is 2. The molecule has 7 heteroatoms. The second-order valence-corrected chi connectivity index (χ2v) is 8.77. The highest BCUT2D eigenvalue weighted by atomic mass is 19.1. The first-order valence-electron chi connectivity index (χ1n) is 9.65. The maximum absolute atomic E-state index is 14.0. The summed E-state index contributed by atoms with van der Waals surface area (Å²) >= 11 is 0. The molecule has 5 nitrogen and oxygen atoms in total. The van der Waals surface area contributed by atoms with Crippen molar-refractivity contribution in [1.82, 2.24) is 9.80 Å². The van der Waals surface area contributed by atoms with Gasteiger partial charge in [-0.1, -0.05) is 40.2 Å². The second-order valence-electron chi connectivity index (χ2n) is 8.77. The van der Waals surface area contributed by atoms with Gasteiger partial charge in [0.25, 0.3) is 0 Å². The van der Waals surface area contributed by atoms with E-state index < -0.39 is 35.2 Å². The highest BCUT2D eigenvalue weighted by Crippen LogP contribution is 2.34. The molecule has 2 amide bonds. The van der Waals surface area contributed by atoms with Crippen LogP contribution in [0.2, 0.25) is 0 Å². The van der Waals surface area contributed by atoms with E-state index in [2.05, 4.69) is 0 Å². The molecule has 0 radical (unpaired) electrons. The van der Waals surface area contributed by atoms with Crippen LogP contribution in [-0.2, 0) is 11.2 Å². The average molecular weight is 396 g/mol. The summed E-state index contributed by atoms with van der Waals surface area (Å²) in [7, 11) is 1.64. The number of carbonyl (C=O) groups is 2. The third kappa shape index (κ3) is 4.80. The maximum Gasteiger partial charge on any atom is 0.408 e. The van der Waals surface area contributed by atoms with Crippen LogP contribution in [0.3, 0.4) is 0 Å². The molecule has 1 aliphatic heterocycles. The smallest absolute Gasteiger partial charge is 0.408 e.